The van der Waals surface area contributed by atoms with Gasteiger partial charge in [0, 0.05) is 0 Å². The first-order chi connectivity index (χ1) is 10.6. The molecule has 0 spiro atoms. The van der Waals surface area contributed by atoms with Gasteiger partial charge in [0.25, 0.3) is 0 Å². The Morgan fingerprint density at radius 3 is 2.30 bits per heavy atom. The second-order valence-corrected chi connectivity index (χ2v) is 9.16. The molecule has 0 fully saturated rings. The highest BCUT2D eigenvalue weighted by Gasteiger charge is 2.31. The molecule has 2 aromatic rings. The molecule has 0 bridgehead atoms. The van der Waals surface area contributed by atoms with Crippen molar-refractivity contribution in [1.29, 1.82) is 0 Å². The molecule has 4 nitrogen and oxygen atoms in total. The normalized spacial score (nSPS) is 13.3. The molecule has 0 saturated heterocycles. The Morgan fingerprint density at radius 2 is 1.70 bits per heavy atom. The Balaban J connectivity index is 2.53. The summed E-state index contributed by atoms with van der Waals surface area (Å²) in [6.07, 6.45) is 1.45. The van der Waals surface area contributed by atoms with Crippen molar-refractivity contribution in [2.24, 2.45) is 0 Å². The zero-order chi connectivity index (χ0) is 17.3. The van der Waals surface area contributed by atoms with Crippen LogP contribution in [0.25, 0.3) is 16.8 Å². The van der Waals surface area contributed by atoms with Crippen molar-refractivity contribution in [3.63, 3.8) is 0 Å². The van der Waals surface area contributed by atoms with Crippen LogP contribution in [0.1, 0.15) is 26.3 Å². The van der Waals surface area contributed by atoms with Gasteiger partial charge < -0.3 is 5.11 Å². The number of sulfone groups is 1. The largest absolute Gasteiger partial charge is 0.478 e. The number of carboxylic acids is 1. The van der Waals surface area contributed by atoms with Crippen molar-refractivity contribution in [2.45, 2.75) is 25.5 Å². The summed E-state index contributed by atoms with van der Waals surface area (Å²) < 4.78 is 23.6. The van der Waals surface area contributed by atoms with E-state index in [9.17, 15) is 18.3 Å². The van der Waals surface area contributed by atoms with Gasteiger partial charge in [0.05, 0.1) is 16.1 Å². The van der Waals surface area contributed by atoms with E-state index >= 15 is 0 Å². The van der Waals surface area contributed by atoms with Crippen molar-refractivity contribution in [3.05, 3.63) is 53.6 Å². The molecule has 0 heterocycles. The third-order valence-corrected chi connectivity index (χ3v) is 6.26. The van der Waals surface area contributed by atoms with Gasteiger partial charge in [0.15, 0.2) is 9.84 Å². The highest BCUT2D eigenvalue weighted by atomic mass is 32.2. The quantitative estimate of drug-likeness (QED) is 0.870. The summed E-state index contributed by atoms with van der Waals surface area (Å²) in [7, 11) is -3.56. The van der Waals surface area contributed by atoms with Gasteiger partial charge in [-0.2, -0.15) is 0 Å². The third kappa shape index (κ3) is 3.79. The zero-order valence-electron chi connectivity index (χ0n) is 13.4. The van der Waals surface area contributed by atoms with E-state index in [1.54, 1.807) is 26.8 Å². The molecule has 0 aliphatic heterocycles. The van der Waals surface area contributed by atoms with E-state index in [0.29, 0.717) is 5.56 Å². The number of hydrogen-bond donors (Lipinski definition) is 1. The Bertz CT molecular complexity index is 866. The predicted molar refractivity (Wildman–Crippen MR) is 93.1 cm³/mol. The van der Waals surface area contributed by atoms with Crippen LogP contribution in [0.2, 0.25) is 0 Å². The molecule has 0 aliphatic carbocycles. The summed E-state index contributed by atoms with van der Waals surface area (Å²) in [5.74, 6) is -1.71. The standard InChI is InChI=1S/C18H20O4S/c1-18(2,3)23(21,22)12-15(17(19)20)11-14-9-6-8-13-7-4-5-10-16(13)14/h4-11H,12H2,1-3H3,(H,19,20)/b15-11-. The van der Waals surface area contributed by atoms with Gasteiger partial charge in [0.1, 0.15) is 0 Å². The number of aliphatic carboxylic acids is 1. The van der Waals surface area contributed by atoms with Gasteiger partial charge in [-0.25, -0.2) is 13.2 Å². The maximum Gasteiger partial charge on any atom is 0.332 e. The van der Waals surface area contributed by atoms with Crippen LogP contribution in [-0.2, 0) is 14.6 Å². The Labute approximate surface area is 136 Å². The summed E-state index contributed by atoms with van der Waals surface area (Å²) in [6, 6.07) is 13.1. The van der Waals surface area contributed by atoms with Crippen LogP contribution in [0.4, 0.5) is 0 Å². The number of carboxylic acid groups (broad SMARTS) is 1. The number of rotatable bonds is 4. The number of fused-ring (bicyclic) bond motifs is 1. The molecule has 0 aromatic heterocycles. The fourth-order valence-corrected chi connectivity index (χ4v) is 3.20. The SMILES string of the molecule is CC(C)(C)S(=O)(=O)C/C(=C/c1cccc2ccccc12)C(=O)O. The monoisotopic (exact) mass is 332 g/mol. The number of carbonyl (C=O) groups is 1. The highest BCUT2D eigenvalue weighted by Crippen LogP contribution is 2.23. The van der Waals surface area contributed by atoms with Crippen LogP contribution in [0.5, 0.6) is 0 Å². The average Bonchev–Trinajstić information content (AvgIpc) is 2.45. The summed E-state index contributed by atoms with van der Waals surface area (Å²) in [5, 5.41) is 11.3. The van der Waals surface area contributed by atoms with Crippen molar-refractivity contribution in [1.82, 2.24) is 0 Å². The fourth-order valence-electron chi connectivity index (χ4n) is 2.15. The Hall–Kier alpha value is -2.14. The molecule has 1 N–H and O–H groups in total. The molecule has 0 aliphatic rings. The highest BCUT2D eigenvalue weighted by molar-refractivity contribution is 7.92. The minimum absolute atomic E-state index is 0.128. The van der Waals surface area contributed by atoms with Crippen LogP contribution in [-0.4, -0.2) is 30.0 Å². The minimum atomic E-state index is -3.56. The molecule has 0 unspecified atom stereocenters. The third-order valence-electron chi connectivity index (χ3n) is 3.71. The first-order valence-electron chi connectivity index (χ1n) is 7.26. The first kappa shape index (κ1) is 17.2. The summed E-state index contributed by atoms with van der Waals surface area (Å²) in [4.78, 5) is 11.5. The Kier molecular flexibility index (Phi) is 4.61. The maximum absolute atomic E-state index is 12.3. The van der Waals surface area contributed by atoms with E-state index in [4.69, 9.17) is 0 Å². The van der Waals surface area contributed by atoms with E-state index in [2.05, 4.69) is 0 Å². The first-order valence-corrected chi connectivity index (χ1v) is 8.91. The van der Waals surface area contributed by atoms with E-state index in [-0.39, 0.29) is 5.57 Å². The summed E-state index contributed by atoms with van der Waals surface area (Å²) in [6.45, 7) is 4.71. The van der Waals surface area contributed by atoms with Gasteiger partial charge in [-0.15, -0.1) is 0 Å². The minimum Gasteiger partial charge on any atom is -0.478 e. The van der Waals surface area contributed by atoms with E-state index in [1.807, 2.05) is 36.4 Å². The molecule has 122 valence electrons. The lowest BCUT2D eigenvalue weighted by Gasteiger charge is -2.19. The zero-order valence-corrected chi connectivity index (χ0v) is 14.2. The van der Waals surface area contributed by atoms with Crippen LogP contribution >= 0.6 is 0 Å². The van der Waals surface area contributed by atoms with Gasteiger partial charge in [0.2, 0.25) is 0 Å². The molecule has 23 heavy (non-hydrogen) atoms. The van der Waals surface area contributed by atoms with Crippen molar-refractivity contribution in [2.75, 3.05) is 5.75 Å². The summed E-state index contributed by atoms with van der Waals surface area (Å²) >= 11 is 0. The van der Waals surface area contributed by atoms with Gasteiger partial charge in [-0.05, 0) is 43.2 Å². The smallest absolute Gasteiger partial charge is 0.332 e. The van der Waals surface area contributed by atoms with Gasteiger partial charge in [-0.3, -0.25) is 0 Å². The van der Waals surface area contributed by atoms with Crippen LogP contribution in [0.15, 0.2) is 48.0 Å². The number of hydrogen-bond acceptors (Lipinski definition) is 3. The topological polar surface area (TPSA) is 71.4 Å². The van der Waals surface area contributed by atoms with Gasteiger partial charge >= 0.3 is 5.97 Å². The Morgan fingerprint density at radius 1 is 1.09 bits per heavy atom. The van der Waals surface area contributed by atoms with E-state index in [0.717, 1.165) is 10.8 Å². The van der Waals surface area contributed by atoms with Crippen LogP contribution in [0.3, 0.4) is 0 Å². The summed E-state index contributed by atoms with van der Waals surface area (Å²) in [5.41, 5.74) is 0.570. The van der Waals surface area contributed by atoms with Gasteiger partial charge in [-0.1, -0.05) is 42.5 Å². The molecule has 0 amide bonds. The molecular weight excluding hydrogens is 312 g/mol. The molecule has 0 saturated carbocycles. The lowest BCUT2D eigenvalue weighted by atomic mass is 10.0. The molecule has 0 atom stereocenters. The average molecular weight is 332 g/mol. The molecular formula is C18H20O4S. The second-order valence-electron chi connectivity index (χ2n) is 6.41. The van der Waals surface area contributed by atoms with Crippen molar-refractivity contribution >= 4 is 32.7 Å². The van der Waals surface area contributed by atoms with E-state index in [1.165, 1.54) is 6.08 Å². The van der Waals surface area contributed by atoms with Crippen molar-refractivity contribution in [3.8, 4) is 0 Å². The molecule has 5 heteroatoms. The molecule has 0 radical (unpaired) electrons. The molecule has 2 rings (SSSR count). The lowest BCUT2D eigenvalue weighted by Crippen LogP contribution is -2.32. The van der Waals surface area contributed by atoms with Crippen LogP contribution in [0, 0.1) is 0 Å². The molecule has 2 aromatic carbocycles. The maximum atomic E-state index is 12.3. The second kappa shape index (κ2) is 6.16. The van der Waals surface area contributed by atoms with Crippen LogP contribution < -0.4 is 0 Å². The van der Waals surface area contributed by atoms with E-state index < -0.39 is 26.3 Å². The predicted octanol–water partition coefficient (Wildman–Crippen LogP) is 3.52. The van der Waals surface area contributed by atoms with Crippen molar-refractivity contribution < 1.29 is 18.3 Å². The lowest BCUT2D eigenvalue weighted by molar-refractivity contribution is -0.132. The number of benzene rings is 2. The fraction of sp³-hybridized carbons (Fsp3) is 0.278.